The number of amides is 2. The molecule has 0 unspecified atom stereocenters. The Kier molecular flexibility index (Phi) is 5.77. The number of ether oxygens (including phenoxy) is 1. The molecule has 0 aromatic carbocycles. The van der Waals surface area contributed by atoms with Gasteiger partial charge in [-0.2, -0.15) is 5.10 Å². The van der Waals surface area contributed by atoms with Gasteiger partial charge in [-0.3, -0.25) is 14.7 Å². The van der Waals surface area contributed by atoms with Gasteiger partial charge in [0.1, 0.15) is 17.0 Å². The molecule has 5 aromatic rings. The molecule has 12 nitrogen and oxygen atoms in total. The molecule has 0 bridgehead atoms. The first-order chi connectivity index (χ1) is 18.1. The largest absolute Gasteiger partial charge is 0.378 e. The van der Waals surface area contributed by atoms with Gasteiger partial charge in [0.2, 0.25) is 5.91 Å². The van der Waals surface area contributed by atoms with E-state index < -0.39 is 0 Å². The molecule has 37 heavy (non-hydrogen) atoms. The van der Waals surface area contributed by atoms with Crippen molar-refractivity contribution in [2.45, 2.75) is 13.3 Å². The molecule has 1 aliphatic heterocycles. The summed E-state index contributed by atoms with van der Waals surface area (Å²) in [5.74, 6) is 0.772. The summed E-state index contributed by atoms with van der Waals surface area (Å²) in [4.78, 5) is 47.7. The number of nitrogens with one attached hydrogen (secondary N) is 3. The fraction of sp³-hybridized carbons (Fsp3) is 0.240. The second-order valence-corrected chi connectivity index (χ2v) is 8.57. The number of rotatable bonds is 5. The average molecular weight is 498 g/mol. The zero-order chi connectivity index (χ0) is 25.4. The minimum Gasteiger partial charge on any atom is -0.378 e. The van der Waals surface area contributed by atoms with Gasteiger partial charge < -0.3 is 19.9 Å². The van der Waals surface area contributed by atoms with Crippen molar-refractivity contribution in [1.29, 1.82) is 0 Å². The van der Waals surface area contributed by atoms with Crippen LogP contribution in [0.2, 0.25) is 0 Å². The van der Waals surface area contributed by atoms with Crippen molar-refractivity contribution in [1.82, 2.24) is 40.0 Å². The van der Waals surface area contributed by atoms with Gasteiger partial charge in [-0.1, -0.05) is 6.92 Å². The van der Waals surface area contributed by atoms with Crippen molar-refractivity contribution in [3.63, 3.8) is 0 Å². The number of carbonyl (C=O) groups excluding carboxylic acids is 2. The molecule has 1 fully saturated rings. The molecule has 5 aromatic heterocycles. The first kappa shape index (κ1) is 22.7. The van der Waals surface area contributed by atoms with E-state index in [0.29, 0.717) is 72.4 Å². The summed E-state index contributed by atoms with van der Waals surface area (Å²) in [7, 11) is 0. The molecular formula is C25H23N9O3. The lowest BCUT2D eigenvalue weighted by atomic mass is 10.1. The van der Waals surface area contributed by atoms with Crippen molar-refractivity contribution in [3.8, 4) is 22.6 Å². The molecule has 6 rings (SSSR count). The molecule has 1 saturated heterocycles. The third-order valence-electron chi connectivity index (χ3n) is 6.24. The summed E-state index contributed by atoms with van der Waals surface area (Å²) < 4.78 is 5.37. The van der Waals surface area contributed by atoms with E-state index in [1.165, 1.54) is 0 Å². The van der Waals surface area contributed by atoms with Crippen LogP contribution in [0.3, 0.4) is 0 Å². The molecule has 186 valence electrons. The number of aromatic nitrogens is 7. The fourth-order valence-corrected chi connectivity index (χ4v) is 4.24. The summed E-state index contributed by atoms with van der Waals surface area (Å²) in [6.45, 7) is 3.91. The zero-order valence-corrected chi connectivity index (χ0v) is 20.0. The number of fused-ring (bicyclic) bond motifs is 2. The molecule has 0 radical (unpaired) electrons. The molecule has 3 N–H and O–H groups in total. The SMILES string of the molecule is CCC(=O)Nc1ccc(-c2cnc3[nH]nc(-c4nc5c(C(=O)N6CCOCC6)ccnc5[nH]4)c3c2)cn1. The number of imidazole rings is 1. The van der Waals surface area contributed by atoms with Crippen molar-refractivity contribution in [3.05, 3.63) is 48.4 Å². The zero-order valence-electron chi connectivity index (χ0n) is 20.0. The van der Waals surface area contributed by atoms with Crippen LogP contribution in [0.15, 0.2) is 42.9 Å². The minimum absolute atomic E-state index is 0.0958. The Labute approximate surface area is 210 Å². The van der Waals surface area contributed by atoms with Crippen molar-refractivity contribution in [2.24, 2.45) is 0 Å². The van der Waals surface area contributed by atoms with Crippen LogP contribution >= 0.6 is 0 Å². The third-order valence-corrected chi connectivity index (χ3v) is 6.24. The van der Waals surface area contributed by atoms with E-state index in [4.69, 9.17) is 9.72 Å². The molecule has 2 amide bonds. The lowest BCUT2D eigenvalue weighted by molar-refractivity contribution is -0.115. The summed E-state index contributed by atoms with van der Waals surface area (Å²) in [6.07, 6.45) is 5.39. The van der Waals surface area contributed by atoms with Crippen LogP contribution in [0, 0.1) is 0 Å². The Bertz CT molecular complexity index is 1620. The van der Waals surface area contributed by atoms with Gasteiger partial charge in [0.15, 0.2) is 17.1 Å². The molecule has 12 heteroatoms. The summed E-state index contributed by atoms with van der Waals surface area (Å²) in [5.41, 5.74) is 4.29. The Morgan fingerprint density at radius 1 is 1.05 bits per heavy atom. The van der Waals surface area contributed by atoms with Crippen molar-refractivity contribution >= 4 is 39.8 Å². The van der Waals surface area contributed by atoms with E-state index in [1.807, 2.05) is 12.1 Å². The molecule has 0 saturated carbocycles. The van der Waals surface area contributed by atoms with E-state index in [1.54, 1.807) is 42.5 Å². The second-order valence-electron chi connectivity index (χ2n) is 8.57. The Hall–Kier alpha value is -4.71. The average Bonchev–Trinajstić information content (AvgIpc) is 3.57. The van der Waals surface area contributed by atoms with Crippen LogP contribution in [0.4, 0.5) is 5.82 Å². The maximum Gasteiger partial charge on any atom is 0.256 e. The lowest BCUT2D eigenvalue weighted by Crippen LogP contribution is -2.40. The van der Waals surface area contributed by atoms with Gasteiger partial charge in [0.25, 0.3) is 5.91 Å². The highest BCUT2D eigenvalue weighted by molar-refractivity contribution is 6.05. The Morgan fingerprint density at radius 2 is 1.89 bits per heavy atom. The van der Waals surface area contributed by atoms with Crippen molar-refractivity contribution in [2.75, 3.05) is 31.6 Å². The van der Waals surface area contributed by atoms with Crippen LogP contribution in [0.5, 0.6) is 0 Å². The van der Waals surface area contributed by atoms with Gasteiger partial charge in [-0.15, -0.1) is 0 Å². The van der Waals surface area contributed by atoms with Crippen molar-refractivity contribution < 1.29 is 14.3 Å². The summed E-state index contributed by atoms with van der Waals surface area (Å²) in [5, 5.41) is 10.9. The summed E-state index contributed by atoms with van der Waals surface area (Å²) >= 11 is 0. The number of H-pyrrole nitrogens is 2. The fourth-order valence-electron chi connectivity index (χ4n) is 4.24. The van der Waals surface area contributed by atoms with Gasteiger partial charge in [-0.05, 0) is 24.3 Å². The maximum atomic E-state index is 13.2. The minimum atomic E-state index is -0.101. The van der Waals surface area contributed by atoms with Crippen LogP contribution in [0.1, 0.15) is 23.7 Å². The van der Waals surface area contributed by atoms with E-state index in [9.17, 15) is 9.59 Å². The van der Waals surface area contributed by atoms with Crippen LogP contribution in [0.25, 0.3) is 44.8 Å². The Balaban J connectivity index is 1.35. The first-order valence-electron chi connectivity index (χ1n) is 11.9. The number of carbonyl (C=O) groups is 2. The van der Waals surface area contributed by atoms with Gasteiger partial charge in [-0.25, -0.2) is 19.9 Å². The number of anilines is 1. The maximum absolute atomic E-state index is 13.2. The van der Waals surface area contributed by atoms with Gasteiger partial charge in [0.05, 0.1) is 24.2 Å². The molecule has 6 heterocycles. The van der Waals surface area contributed by atoms with E-state index in [2.05, 4.69) is 35.5 Å². The number of aromatic amines is 2. The smallest absolute Gasteiger partial charge is 0.256 e. The van der Waals surface area contributed by atoms with Crippen LogP contribution in [-0.4, -0.2) is 78.1 Å². The topological polar surface area (TPSA) is 155 Å². The van der Waals surface area contributed by atoms with E-state index in [-0.39, 0.29) is 11.8 Å². The monoisotopic (exact) mass is 497 g/mol. The number of morpholine rings is 1. The highest BCUT2D eigenvalue weighted by Gasteiger charge is 2.23. The predicted molar refractivity (Wildman–Crippen MR) is 136 cm³/mol. The van der Waals surface area contributed by atoms with E-state index in [0.717, 1.165) is 16.5 Å². The van der Waals surface area contributed by atoms with Gasteiger partial charge >= 0.3 is 0 Å². The summed E-state index contributed by atoms with van der Waals surface area (Å²) in [6, 6.07) is 7.26. The second kappa shape index (κ2) is 9.39. The lowest BCUT2D eigenvalue weighted by Gasteiger charge is -2.26. The molecule has 0 atom stereocenters. The predicted octanol–water partition coefficient (Wildman–Crippen LogP) is 2.78. The van der Waals surface area contributed by atoms with Crippen LogP contribution < -0.4 is 5.32 Å². The van der Waals surface area contributed by atoms with Crippen LogP contribution in [-0.2, 0) is 9.53 Å². The quantitative estimate of drug-likeness (QED) is 0.335. The van der Waals surface area contributed by atoms with Gasteiger partial charge in [0, 0.05) is 49.2 Å². The number of pyridine rings is 3. The highest BCUT2D eigenvalue weighted by Crippen LogP contribution is 2.29. The number of nitrogens with zero attached hydrogens (tertiary/aromatic N) is 6. The van der Waals surface area contributed by atoms with E-state index >= 15 is 0 Å². The number of hydrogen-bond acceptors (Lipinski definition) is 8. The number of hydrogen-bond donors (Lipinski definition) is 3. The normalized spacial score (nSPS) is 13.8. The molecule has 1 aliphatic rings. The third kappa shape index (κ3) is 4.27. The Morgan fingerprint density at radius 3 is 2.68 bits per heavy atom. The first-order valence-corrected chi connectivity index (χ1v) is 11.9. The standard InChI is InChI=1S/C25H23N9O3/c1-2-19(35)29-18-4-3-14(12-27-18)15-11-17-21(32-33-22(17)28-13-15)24-30-20-16(5-6-26-23(20)31-24)25(36)34-7-9-37-10-8-34/h3-6,11-13H,2,7-10H2,1H3,(H,26,30,31)(H,27,29,35)(H,28,32,33). The molecule has 0 aliphatic carbocycles. The molecule has 0 spiro atoms. The highest BCUT2D eigenvalue weighted by atomic mass is 16.5. The molecular weight excluding hydrogens is 474 g/mol.